The minimum absolute atomic E-state index is 0.00480. The Kier molecular flexibility index (Phi) is 44.3. The predicted molar refractivity (Wildman–Crippen MR) is 442 cm³/mol. The summed E-state index contributed by atoms with van der Waals surface area (Å²) in [5, 5.41) is 0. The fraction of sp³-hybridized carbons (Fsp3) is 0.604. The lowest BCUT2D eigenvalue weighted by atomic mass is 9.59. The summed E-state index contributed by atoms with van der Waals surface area (Å²) in [6.45, 7) is 86.7. The second kappa shape index (κ2) is 45.7. The fourth-order valence-electron chi connectivity index (χ4n) is 13.4. The molecule has 96 heavy (non-hydrogen) atoms. The van der Waals surface area contributed by atoms with Crippen LogP contribution in [-0.2, 0) is 36.5 Å². The third-order valence-electron chi connectivity index (χ3n) is 21.1. The van der Waals surface area contributed by atoms with Gasteiger partial charge in [0.1, 0.15) is 0 Å². The first-order valence-corrected chi connectivity index (χ1v) is 38.9. The molecular weight excluding hydrogens is 1150 g/mol. The van der Waals surface area contributed by atoms with Gasteiger partial charge in [0.15, 0.2) is 0 Å². The summed E-state index contributed by atoms with van der Waals surface area (Å²) in [7, 11) is 0. The molecule has 5 atom stereocenters. The molecule has 2 bridgehead atoms. The number of hydrogen-bond donors (Lipinski definition) is 0. The first kappa shape index (κ1) is 93.1. The Balaban J connectivity index is 0. The molecule has 0 radical (unpaired) electrons. The maximum absolute atomic E-state index is 4.88. The van der Waals surface area contributed by atoms with Crippen molar-refractivity contribution < 1.29 is 0 Å². The highest BCUT2D eigenvalue weighted by molar-refractivity contribution is 5.48. The Bertz CT molecular complexity index is 2930. The van der Waals surface area contributed by atoms with Crippen LogP contribution in [0.2, 0.25) is 0 Å². The van der Waals surface area contributed by atoms with Crippen LogP contribution >= 0.6 is 0 Å². The molecule has 0 heterocycles. The summed E-state index contributed by atoms with van der Waals surface area (Å²) >= 11 is 0. The smallest absolute Gasteiger partial charge is 0.0262 e. The van der Waals surface area contributed by atoms with Gasteiger partial charge in [-0.3, -0.25) is 0 Å². The van der Waals surface area contributed by atoms with Crippen LogP contribution in [0.3, 0.4) is 0 Å². The van der Waals surface area contributed by atoms with Crippen LogP contribution in [0.15, 0.2) is 163 Å². The quantitative estimate of drug-likeness (QED) is 0.0972. The molecule has 1 saturated carbocycles. The van der Waals surface area contributed by atoms with Crippen molar-refractivity contribution in [2.75, 3.05) is 0 Å². The van der Waals surface area contributed by atoms with E-state index in [-0.39, 0.29) is 16.2 Å². The lowest BCUT2D eigenvalue weighted by Gasteiger charge is -2.44. The number of allylic oxidation sites excluding steroid dienone is 5. The van der Waals surface area contributed by atoms with Crippen molar-refractivity contribution in [2.24, 2.45) is 51.2 Å². The molecule has 0 saturated heterocycles. The van der Waals surface area contributed by atoms with Crippen LogP contribution in [0.4, 0.5) is 0 Å². The summed E-state index contributed by atoms with van der Waals surface area (Å²) in [4.78, 5) is 0. The summed E-state index contributed by atoms with van der Waals surface area (Å²) in [6.07, 6.45) is 19.0. The Morgan fingerprint density at radius 1 is 0.573 bits per heavy atom. The topological polar surface area (TPSA) is 0 Å². The number of benzene rings is 5. The third kappa shape index (κ3) is 31.1. The van der Waals surface area contributed by atoms with Crippen molar-refractivity contribution in [2.45, 2.75) is 329 Å². The average Bonchev–Trinajstić information content (AvgIpc) is 0.863. The maximum Gasteiger partial charge on any atom is 0.0262 e. The fourth-order valence-corrected chi connectivity index (χ4v) is 13.4. The molecule has 5 aromatic rings. The van der Waals surface area contributed by atoms with Crippen LogP contribution in [0.5, 0.6) is 0 Å². The van der Waals surface area contributed by atoms with E-state index in [9.17, 15) is 0 Å². The van der Waals surface area contributed by atoms with E-state index in [2.05, 4.69) is 294 Å². The van der Waals surface area contributed by atoms with Gasteiger partial charge >= 0.3 is 0 Å². The van der Waals surface area contributed by atoms with Crippen LogP contribution < -0.4 is 0 Å². The average molecular weight is 1310 g/mol. The van der Waals surface area contributed by atoms with Crippen molar-refractivity contribution in [3.63, 3.8) is 0 Å². The first-order chi connectivity index (χ1) is 44.9. The zero-order valence-electron chi connectivity index (χ0n) is 70.0. The summed E-state index contributed by atoms with van der Waals surface area (Å²) < 4.78 is 0. The normalized spacial score (nSPS) is 19.5. The van der Waals surface area contributed by atoms with Gasteiger partial charge in [-0.2, -0.15) is 0 Å². The molecule has 1 fully saturated rings. The Morgan fingerprint density at radius 3 is 1.51 bits per heavy atom. The van der Waals surface area contributed by atoms with E-state index in [0.29, 0.717) is 34.0 Å². The van der Waals surface area contributed by atoms with Gasteiger partial charge in [0, 0.05) is 10.8 Å². The van der Waals surface area contributed by atoms with E-state index in [1.807, 2.05) is 69.2 Å². The van der Waals surface area contributed by atoms with Gasteiger partial charge in [-0.05, 0) is 221 Å². The molecule has 0 nitrogen and oxygen atoms in total. The van der Waals surface area contributed by atoms with Gasteiger partial charge in [0.2, 0.25) is 0 Å². The van der Waals surface area contributed by atoms with Crippen molar-refractivity contribution in [1.29, 1.82) is 0 Å². The Hall–Kier alpha value is -4.94. The molecule has 0 heteroatoms. The Labute approximate surface area is 601 Å². The van der Waals surface area contributed by atoms with Crippen molar-refractivity contribution in [1.82, 2.24) is 0 Å². The van der Waals surface area contributed by atoms with E-state index in [1.54, 1.807) is 0 Å². The lowest BCUT2D eigenvalue weighted by Crippen LogP contribution is -2.39. The molecule has 5 unspecified atom stereocenters. The SMILES string of the molecule is C=C(C)C.C=C1CC2(C)CCC(C)(C)CCC(=C)C(C)C(Cc3ccccc3)(c3cc(C)cc(CC(C)(C)C(C)C)c3)/C(C)=C/CC1C2.CC.CC.CC.CC.CC(C)C(C)(C)C.CCCC(C)C.CCc1ccc(C(CC)(Cc2ccccc2)c2cc(C)cc(C)c2)cc1C. The molecule has 0 spiro atoms. The predicted octanol–water partition coefficient (Wildman–Crippen LogP) is 30.7. The summed E-state index contributed by atoms with van der Waals surface area (Å²) in [6, 6.07) is 43.9. The second-order valence-electron chi connectivity index (χ2n) is 32.3. The van der Waals surface area contributed by atoms with E-state index < -0.39 is 0 Å². The minimum Gasteiger partial charge on any atom is -0.100 e. The van der Waals surface area contributed by atoms with Gasteiger partial charge in [-0.1, -0.05) is 366 Å². The van der Waals surface area contributed by atoms with Gasteiger partial charge in [-0.15, -0.1) is 6.58 Å². The molecule has 5 aromatic carbocycles. The van der Waals surface area contributed by atoms with E-state index >= 15 is 0 Å². The zero-order valence-corrected chi connectivity index (χ0v) is 70.0. The maximum atomic E-state index is 4.88. The van der Waals surface area contributed by atoms with E-state index in [4.69, 9.17) is 6.58 Å². The zero-order chi connectivity index (χ0) is 74.6. The van der Waals surface area contributed by atoms with Crippen molar-refractivity contribution >= 4 is 0 Å². The van der Waals surface area contributed by atoms with Crippen LogP contribution in [-0.4, -0.2) is 0 Å². The Morgan fingerprint density at radius 2 is 1.07 bits per heavy atom. The lowest BCUT2D eigenvalue weighted by molar-refractivity contribution is 0.208. The van der Waals surface area contributed by atoms with Gasteiger partial charge in [-0.25, -0.2) is 0 Å². The number of rotatable bonds is 14. The van der Waals surface area contributed by atoms with Gasteiger partial charge < -0.3 is 0 Å². The largest absolute Gasteiger partial charge is 0.100 e. The van der Waals surface area contributed by atoms with Crippen molar-refractivity contribution in [3.05, 3.63) is 225 Å². The highest BCUT2D eigenvalue weighted by Gasteiger charge is 2.44. The summed E-state index contributed by atoms with van der Waals surface area (Å²) in [5.74, 6) is 3.20. The van der Waals surface area contributed by atoms with Gasteiger partial charge in [0.25, 0.3) is 0 Å². The minimum atomic E-state index is -0.168. The van der Waals surface area contributed by atoms with E-state index in [1.165, 1.54) is 128 Å². The third-order valence-corrected chi connectivity index (χ3v) is 21.1. The summed E-state index contributed by atoms with van der Waals surface area (Å²) in [5.41, 5.74) is 22.3. The second-order valence-corrected chi connectivity index (χ2v) is 32.3. The molecule has 2 aliphatic rings. The molecule has 2 aliphatic carbocycles. The monoisotopic (exact) mass is 1310 g/mol. The molecule has 7 rings (SSSR count). The van der Waals surface area contributed by atoms with Crippen molar-refractivity contribution in [3.8, 4) is 0 Å². The van der Waals surface area contributed by atoms with E-state index in [0.717, 1.165) is 56.8 Å². The molecule has 0 aromatic heterocycles. The van der Waals surface area contributed by atoms with Crippen LogP contribution in [0, 0.1) is 78.9 Å². The molecule has 0 aliphatic heterocycles. The molecule has 542 valence electrons. The van der Waals surface area contributed by atoms with Gasteiger partial charge in [0.05, 0.1) is 0 Å². The highest BCUT2D eigenvalue weighted by Crippen LogP contribution is 2.53. The molecule has 0 amide bonds. The number of aryl methyl sites for hydroxylation is 5. The number of hydrogen-bond acceptors (Lipinski definition) is 0. The van der Waals surface area contributed by atoms with Crippen LogP contribution in [0.1, 0.15) is 326 Å². The first-order valence-electron chi connectivity index (χ1n) is 38.9. The number of fused-ring (bicyclic) bond motifs is 2. The molecular formula is C96H158. The standard InChI is InChI=1S/C44H64.C27H32.C7H16.C6H14.C4H8.4C2H6/c1-31(2)42(10,11)28-38-24-32(3)25-40(26-38)44(29-37-16-14-13-15-17-37)35(6)18-19-39-30-43(12,27-34(39)5)23-22-41(8,9)21-20-33(4)36(44)7;1-6-24-13-14-25(18-22(24)5)27(7-2,19-23-11-9-8-10-12-23)26-16-20(3)15-21(4)17-26;1-6(2)7(3,4)5;1-4-5-6(2)3;1-4(2)3;4*1-2/h13-18,24-26,31,36,39H,4-5,19-23,27-30H2,1-3,6-12H3;8-18H,6-7,19H2,1-5H3;6H,1-5H3;6H,4-5H2,1-3H3;1H2,2-3H3;4*1-2H3/b35-18+;;;;;;;;. The van der Waals surface area contributed by atoms with Crippen LogP contribution in [0.25, 0.3) is 0 Å². The molecule has 0 N–H and O–H groups in total. The highest BCUT2D eigenvalue weighted by atomic mass is 14.5.